The summed E-state index contributed by atoms with van der Waals surface area (Å²) >= 11 is 0. The fraction of sp³-hybridized carbons (Fsp3) is 0.375. The Morgan fingerprint density at radius 1 is 1.29 bits per heavy atom. The smallest absolute Gasteiger partial charge is 0.227 e. The zero-order valence-electron chi connectivity index (χ0n) is 12.2. The average molecular weight is 284 g/mol. The molecule has 1 fully saturated rings. The lowest BCUT2D eigenvalue weighted by molar-refractivity contribution is 0.0606. The second-order valence-corrected chi connectivity index (χ2v) is 5.34. The van der Waals surface area contributed by atoms with E-state index in [4.69, 9.17) is 0 Å². The number of hydrogen-bond acceptors (Lipinski definition) is 5. The van der Waals surface area contributed by atoms with Crippen LogP contribution >= 0.6 is 0 Å². The van der Waals surface area contributed by atoms with Crippen LogP contribution in [-0.2, 0) is 5.60 Å². The van der Waals surface area contributed by atoms with E-state index in [1.165, 1.54) is 0 Å². The number of nitrogens with one attached hydrogen (secondary N) is 1. The van der Waals surface area contributed by atoms with Gasteiger partial charge in [0.05, 0.1) is 6.54 Å². The SMILES string of the molecule is CCNc1ccnc(N2CC[C@](O)(c3ccccc3)C2)n1. The second-order valence-electron chi connectivity index (χ2n) is 5.34. The molecule has 5 heteroatoms. The summed E-state index contributed by atoms with van der Waals surface area (Å²) in [7, 11) is 0. The monoisotopic (exact) mass is 284 g/mol. The largest absolute Gasteiger partial charge is 0.383 e. The Hall–Kier alpha value is -2.14. The van der Waals surface area contributed by atoms with Gasteiger partial charge in [-0.1, -0.05) is 30.3 Å². The van der Waals surface area contributed by atoms with Gasteiger partial charge in [-0.05, 0) is 25.0 Å². The van der Waals surface area contributed by atoms with Crippen LogP contribution in [0.3, 0.4) is 0 Å². The van der Waals surface area contributed by atoms with Gasteiger partial charge in [0.25, 0.3) is 0 Å². The molecule has 0 spiro atoms. The zero-order chi connectivity index (χ0) is 14.7. The summed E-state index contributed by atoms with van der Waals surface area (Å²) in [5.41, 5.74) is 0.133. The summed E-state index contributed by atoms with van der Waals surface area (Å²) < 4.78 is 0. The molecule has 0 saturated carbocycles. The number of nitrogens with zero attached hydrogens (tertiary/aromatic N) is 3. The van der Waals surface area contributed by atoms with Crippen molar-refractivity contribution in [3.63, 3.8) is 0 Å². The average Bonchev–Trinajstić information content (AvgIpc) is 2.93. The summed E-state index contributed by atoms with van der Waals surface area (Å²) in [4.78, 5) is 10.9. The van der Waals surface area contributed by atoms with E-state index < -0.39 is 5.60 Å². The highest BCUT2D eigenvalue weighted by Gasteiger charge is 2.38. The number of hydrogen-bond donors (Lipinski definition) is 2. The van der Waals surface area contributed by atoms with Crippen molar-refractivity contribution in [2.75, 3.05) is 29.9 Å². The molecule has 1 aliphatic rings. The van der Waals surface area contributed by atoms with E-state index in [-0.39, 0.29) is 0 Å². The Labute approximate surface area is 124 Å². The summed E-state index contributed by atoms with van der Waals surface area (Å²) in [6.45, 7) is 4.13. The maximum atomic E-state index is 10.9. The number of benzene rings is 1. The van der Waals surface area contributed by atoms with Gasteiger partial charge in [0.2, 0.25) is 5.95 Å². The van der Waals surface area contributed by atoms with Gasteiger partial charge in [-0.25, -0.2) is 4.98 Å². The summed E-state index contributed by atoms with van der Waals surface area (Å²) in [5, 5.41) is 14.0. The van der Waals surface area contributed by atoms with Crippen molar-refractivity contribution in [3.05, 3.63) is 48.2 Å². The standard InChI is InChI=1S/C16H20N4O/c1-2-17-14-8-10-18-15(19-14)20-11-9-16(21,12-20)13-6-4-3-5-7-13/h3-8,10,21H,2,9,11-12H2,1H3,(H,17,18,19)/t16-/m1/s1. The van der Waals surface area contributed by atoms with E-state index in [2.05, 4.69) is 15.3 Å². The minimum Gasteiger partial charge on any atom is -0.383 e. The van der Waals surface area contributed by atoms with Crippen molar-refractivity contribution in [3.8, 4) is 0 Å². The molecule has 5 nitrogen and oxygen atoms in total. The van der Waals surface area contributed by atoms with Crippen LogP contribution in [0, 0.1) is 0 Å². The Bertz CT molecular complexity index is 604. The number of β-amino-alcohol motifs (C(OH)–C–C–N with tert-alkyl or cyclic N) is 1. The molecule has 2 heterocycles. The normalized spacial score (nSPS) is 21.5. The summed E-state index contributed by atoms with van der Waals surface area (Å²) in [6.07, 6.45) is 2.44. The van der Waals surface area contributed by atoms with E-state index >= 15 is 0 Å². The van der Waals surface area contributed by atoms with E-state index in [1.54, 1.807) is 6.20 Å². The van der Waals surface area contributed by atoms with Crippen LogP contribution in [0.5, 0.6) is 0 Å². The van der Waals surface area contributed by atoms with Gasteiger partial charge in [0, 0.05) is 19.3 Å². The van der Waals surface area contributed by atoms with Crippen molar-refractivity contribution in [2.45, 2.75) is 18.9 Å². The molecule has 0 bridgehead atoms. The third-order valence-electron chi connectivity index (χ3n) is 3.84. The predicted octanol–water partition coefficient (Wildman–Crippen LogP) is 2.01. The van der Waals surface area contributed by atoms with Crippen molar-refractivity contribution < 1.29 is 5.11 Å². The van der Waals surface area contributed by atoms with Crippen LogP contribution in [0.2, 0.25) is 0 Å². The first kappa shape index (κ1) is 13.8. The van der Waals surface area contributed by atoms with Gasteiger partial charge in [-0.2, -0.15) is 4.98 Å². The Balaban J connectivity index is 1.79. The number of aliphatic hydroxyl groups is 1. The maximum Gasteiger partial charge on any atom is 0.227 e. The fourth-order valence-electron chi connectivity index (χ4n) is 2.73. The lowest BCUT2D eigenvalue weighted by atomic mass is 9.93. The molecule has 0 amide bonds. The second kappa shape index (κ2) is 5.69. The molecule has 1 aromatic carbocycles. The Morgan fingerprint density at radius 2 is 2.10 bits per heavy atom. The van der Waals surface area contributed by atoms with E-state index in [9.17, 15) is 5.11 Å². The van der Waals surface area contributed by atoms with Crippen LogP contribution in [0.1, 0.15) is 18.9 Å². The summed E-state index contributed by atoms with van der Waals surface area (Å²) in [5.74, 6) is 1.48. The fourth-order valence-corrected chi connectivity index (χ4v) is 2.73. The highest BCUT2D eigenvalue weighted by molar-refractivity contribution is 5.43. The molecule has 1 atom stereocenters. The highest BCUT2D eigenvalue weighted by Crippen LogP contribution is 2.33. The van der Waals surface area contributed by atoms with Crippen molar-refractivity contribution in [1.29, 1.82) is 0 Å². The molecule has 0 radical (unpaired) electrons. The van der Waals surface area contributed by atoms with Crippen molar-refractivity contribution in [2.24, 2.45) is 0 Å². The van der Waals surface area contributed by atoms with Gasteiger partial charge in [0.15, 0.2) is 0 Å². The minimum atomic E-state index is -0.821. The molecule has 2 N–H and O–H groups in total. The molecule has 1 aliphatic heterocycles. The Kier molecular flexibility index (Phi) is 3.75. The molecule has 1 saturated heterocycles. The highest BCUT2D eigenvalue weighted by atomic mass is 16.3. The van der Waals surface area contributed by atoms with Crippen LogP contribution in [0.25, 0.3) is 0 Å². The van der Waals surface area contributed by atoms with Crippen LogP contribution in [0.15, 0.2) is 42.6 Å². The maximum absolute atomic E-state index is 10.9. The van der Waals surface area contributed by atoms with Crippen LogP contribution < -0.4 is 10.2 Å². The number of aromatic nitrogens is 2. The topological polar surface area (TPSA) is 61.3 Å². The lowest BCUT2D eigenvalue weighted by Crippen LogP contribution is -2.31. The molecule has 0 unspecified atom stereocenters. The van der Waals surface area contributed by atoms with Gasteiger partial charge < -0.3 is 15.3 Å². The molecule has 0 aliphatic carbocycles. The number of anilines is 2. The molecular formula is C16H20N4O. The van der Waals surface area contributed by atoms with E-state index in [1.807, 2.05) is 48.2 Å². The van der Waals surface area contributed by atoms with Crippen LogP contribution in [0.4, 0.5) is 11.8 Å². The first-order valence-corrected chi connectivity index (χ1v) is 7.31. The molecule has 110 valence electrons. The molecule has 21 heavy (non-hydrogen) atoms. The van der Waals surface area contributed by atoms with Gasteiger partial charge >= 0.3 is 0 Å². The lowest BCUT2D eigenvalue weighted by Gasteiger charge is -2.24. The predicted molar refractivity (Wildman–Crippen MR) is 83.4 cm³/mol. The minimum absolute atomic E-state index is 0.520. The zero-order valence-corrected chi connectivity index (χ0v) is 12.2. The molecule has 3 rings (SSSR count). The van der Waals surface area contributed by atoms with E-state index in [0.717, 1.165) is 24.5 Å². The van der Waals surface area contributed by atoms with Gasteiger partial charge in [-0.15, -0.1) is 0 Å². The first-order valence-electron chi connectivity index (χ1n) is 7.31. The number of rotatable bonds is 4. The quantitative estimate of drug-likeness (QED) is 0.899. The van der Waals surface area contributed by atoms with Crippen LogP contribution in [-0.4, -0.2) is 34.7 Å². The van der Waals surface area contributed by atoms with Crippen molar-refractivity contribution in [1.82, 2.24) is 9.97 Å². The molecular weight excluding hydrogens is 264 g/mol. The Morgan fingerprint density at radius 3 is 2.86 bits per heavy atom. The first-order chi connectivity index (χ1) is 10.2. The molecule has 2 aromatic rings. The third-order valence-corrected chi connectivity index (χ3v) is 3.84. The van der Waals surface area contributed by atoms with Crippen molar-refractivity contribution >= 4 is 11.8 Å². The van der Waals surface area contributed by atoms with Gasteiger partial charge in [-0.3, -0.25) is 0 Å². The summed E-state index contributed by atoms with van der Waals surface area (Å²) in [6, 6.07) is 11.7. The molecule has 1 aromatic heterocycles. The third kappa shape index (κ3) is 2.83. The van der Waals surface area contributed by atoms with E-state index in [0.29, 0.717) is 18.9 Å². The van der Waals surface area contributed by atoms with Gasteiger partial charge in [0.1, 0.15) is 11.4 Å².